The van der Waals surface area contributed by atoms with Crippen LogP contribution in [0.4, 0.5) is 0 Å². The zero-order valence-electron chi connectivity index (χ0n) is 15.9. The molecule has 0 radical (unpaired) electrons. The summed E-state index contributed by atoms with van der Waals surface area (Å²) in [5.74, 6) is 0.326. The van der Waals surface area contributed by atoms with E-state index >= 15 is 0 Å². The number of hydrogen-bond donors (Lipinski definition) is 2. The van der Waals surface area contributed by atoms with E-state index in [4.69, 9.17) is 4.74 Å². The Hall–Kier alpha value is -0.650. The first-order valence-electron chi connectivity index (χ1n) is 8.87. The summed E-state index contributed by atoms with van der Waals surface area (Å²) in [5, 5.41) is 12.7. The van der Waals surface area contributed by atoms with Crippen molar-refractivity contribution in [2.45, 2.75) is 79.2 Å². The third-order valence-corrected chi connectivity index (χ3v) is 4.33. The smallest absolute Gasteiger partial charge is 0.237 e. The second-order valence-corrected chi connectivity index (χ2v) is 8.34. The van der Waals surface area contributed by atoms with Crippen LogP contribution in [0.5, 0.6) is 0 Å². The normalized spacial score (nSPS) is 26.1. The van der Waals surface area contributed by atoms with Gasteiger partial charge in [-0.25, -0.2) is 0 Å². The molecule has 4 unspecified atom stereocenters. The van der Waals surface area contributed by atoms with Gasteiger partial charge in [0.25, 0.3) is 0 Å². The maximum Gasteiger partial charge on any atom is 0.237 e. The summed E-state index contributed by atoms with van der Waals surface area (Å²) in [7, 11) is 0. The minimum atomic E-state index is -0.358. The van der Waals surface area contributed by atoms with Crippen LogP contribution in [0.3, 0.4) is 0 Å². The highest BCUT2D eigenvalue weighted by Gasteiger charge is 2.34. The predicted octanol–water partition coefficient (Wildman–Crippen LogP) is 2.03. The molecule has 23 heavy (non-hydrogen) atoms. The molecule has 136 valence electrons. The number of nitrogens with zero attached hydrogens (tertiary/aromatic N) is 1. The summed E-state index contributed by atoms with van der Waals surface area (Å²) >= 11 is 0. The lowest BCUT2D eigenvalue weighted by Gasteiger charge is -2.41. The molecule has 1 aliphatic rings. The molecule has 5 nitrogen and oxygen atoms in total. The third-order valence-electron chi connectivity index (χ3n) is 4.33. The molecule has 5 heteroatoms. The number of aliphatic hydroxyl groups is 1. The van der Waals surface area contributed by atoms with E-state index in [0.717, 1.165) is 13.1 Å². The fourth-order valence-electron chi connectivity index (χ4n) is 3.64. The zero-order chi connectivity index (χ0) is 17.8. The van der Waals surface area contributed by atoms with Crippen molar-refractivity contribution in [3.05, 3.63) is 0 Å². The van der Waals surface area contributed by atoms with E-state index in [9.17, 15) is 9.90 Å². The Morgan fingerprint density at radius 3 is 2.22 bits per heavy atom. The first-order chi connectivity index (χ1) is 10.5. The Morgan fingerprint density at radius 2 is 1.78 bits per heavy atom. The maximum absolute atomic E-state index is 12.8. The van der Waals surface area contributed by atoms with E-state index in [1.807, 2.05) is 0 Å². The van der Waals surface area contributed by atoms with Gasteiger partial charge in [-0.1, -0.05) is 27.7 Å². The predicted molar refractivity (Wildman–Crippen MR) is 93.3 cm³/mol. The molecule has 1 heterocycles. The highest BCUT2D eigenvalue weighted by Crippen LogP contribution is 2.22. The molecule has 0 aromatic carbocycles. The molecular formula is C18H36N2O3. The quantitative estimate of drug-likeness (QED) is 0.751. The van der Waals surface area contributed by atoms with Gasteiger partial charge in [0.2, 0.25) is 5.91 Å². The number of ether oxygens (including phenoxy) is 1. The van der Waals surface area contributed by atoms with Gasteiger partial charge in [-0.05, 0) is 38.5 Å². The molecule has 4 atom stereocenters. The SMILES string of the molecule is CC(O)CC(C)(C)CNC(=O)C(C(C)C)N1CC(C)OC(C)C1. The second kappa shape index (κ2) is 8.45. The lowest BCUT2D eigenvalue weighted by atomic mass is 9.86. The first-order valence-corrected chi connectivity index (χ1v) is 8.87. The van der Waals surface area contributed by atoms with E-state index in [1.54, 1.807) is 6.92 Å². The van der Waals surface area contributed by atoms with E-state index in [2.05, 4.69) is 51.8 Å². The van der Waals surface area contributed by atoms with Crippen LogP contribution in [0, 0.1) is 11.3 Å². The van der Waals surface area contributed by atoms with Crippen LogP contribution in [-0.2, 0) is 9.53 Å². The monoisotopic (exact) mass is 328 g/mol. The molecule has 0 aliphatic carbocycles. The number of rotatable bonds is 7. The average Bonchev–Trinajstić information content (AvgIpc) is 2.33. The van der Waals surface area contributed by atoms with Crippen LogP contribution < -0.4 is 5.32 Å². The molecule has 1 amide bonds. The van der Waals surface area contributed by atoms with Gasteiger partial charge < -0.3 is 15.2 Å². The summed E-state index contributed by atoms with van der Waals surface area (Å²) in [6.07, 6.45) is 0.619. The highest BCUT2D eigenvalue weighted by atomic mass is 16.5. The fourth-order valence-corrected chi connectivity index (χ4v) is 3.64. The molecule has 1 rings (SSSR count). The van der Waals surface area contributed by atoms with Gasteiger partial charge in [0.15, 0.2) is 0 Å². The van der Waals surface area contributed by atoms with Gasteiger partial charge in [0.05, 0.1) is 24.4 Å². The van der Waals surface area contributed by atoms with Crippen LogP contribution in [0.15, 0.2) is 0 Å². The van der Waals surface area contributed by atoms with Gasteiger partial charge in [-0.2, -0.15) is 0 Å². The summed E-state index contributed by atoms with van der Waals surface area (Å²) in [4.78, 5) is 15.0. The summed E-state index contributed by atoms with van der Waals surface area (Å²) < 4.78 is 5.78. The Kier molecular flexibility index (Phi) is 7.49. The molecule has 2 N–H and O–H groups in total. The number of hydrogen-bond acceptors (Lipinski definition) is 4. The molecule has 0 saturated carbocycles. The summed E-state index contributed by atoms with van der Waals surface area (Å²) in [6, 6.07) is -0.133. The lowest BCUT2D eigenvalue weighted by Crippen LogP contribution is -2.57. The Morgan fingerprint density at radius 1 is 1.26 bits per heavy atom. The van der Waals surface area contributed by atoms with Crippen molar-refractivity contribution in [3.63, 3.8) is 0 Å². The van der Waals surface area contributed by atoms with Gasteiger partial charge >= 0.3 is 0 Å². The van der Waals surface area contributed by atoms with Gasteiger partial charge in [0, 0.05) is 19.6 Å². The van der Waals surface area contributed by atoms with Gasteiger partial charge in [-0.3, -0.25) is 9.69 Å². The van der Waals surface area contributed by atoms with Crippen LogP contribution >= 0.6 is 0 Å². The molecular weight excluding hydrogens is 292 g/mol. The van der Waals surface area contributed by atoms with Crippen molar-refractivity contribution in [3.8, 4) is 0 Å². The van der Waals surface area contributed by atoms with Crippen molar-refractivity contribution >= 4 is 5.91 Å². The molecule has 0 spiro atoms. The van der Waals surface area contributed by atoms with Crippen LogP contribution in [0.25, 0.3) is 0 Å². The Labute approximate surface area is 141 Å². The number of amides is 1. The molecule has 1 aliphatic heterocycles. The maximum atomic E-state index is 12.8. The second-order valence-electron chi connectivity index (χ2n) is 8.34. The average molecular weight is 328 g/mol. The van der Waals surface area contributed by atoms with Crippen molar-refractivity contribution in [1.82, 2.24) is 10.2 Å². The largest absolute Gasteiger partial charge is 0.393 e. The van der Waals surface area contributed by atoms with E-state index < -0.39 is 0 Å². The van der Waals surface area contributed by atoms with Crippen LogP contribution in [-0.4, -0.2) is 59.9 Å². The number of carbonyl (C=O) groups is 1. The summed E-state index contributed by atoms with van der Waals surface area (Å²) in [6.45, 7) is 16.4. The molecule has 0 aromatic rings. The third kappa shape index (κ3) is 6.77. The Balaban J connectivity index is 2.68. The molecule has 0 aromatic heterocycles. The van der Waals surface area contributed by atoms with Gasteiger partial charge in [0.1, 0.15) is 0 Å². The van der Waals surface area contributed by atoms with E-state index in [1.165, 1.54) is 0 Å². The highest BCUT2D eigenvalue weighted by molar-refractivity contribution is 5.82. The first kappa shape index (κ1) is 20.4. The number of nitrogens with one attached hydrogen (secondary N) is 1. The topological polar surface area (TPSA) is 61.8 Å². The van der Waals surface area contributed by atoms with Crippen molar-refractivity contribution in [1.29, 1.82) is 0 Å². The Bertz CT molecular complexity index is 372. The molecule has 1 saturated heterocycles. The molecule has 1 fully saturated rings. The number of carbonyl (C=O) groups excluding carboxylic acids is 1. The van der Waals surface area contributed by atoms with Gasteiger partial charge in [-0.15, -0.1) is 0 Å². The summed E-state index contributed by atoms with van der Waals surface area (Å²) in [5.41, 5.74) is -0.114. The minimum Gasteiger partial charge on any atom is -0.393 e. The molecule has 0 bridgehead atoms. The van der Waals surface area contributed by atoms with E-state index in [-0.39, 0.29) is 41.6 Å². The standard InChI is InChI=1S/C18H36N2O3/c1-12(2)16(20-9-14(4)23-15(5)10-20)17(22)19-11-18(6,7)8-13(3)21/h12-16,21H,8-11H2,1-7H3,(H,19,22). The van der Waals surface area contributed by atoms with Crippen LogP contribution in [0.2, 0.25) is 0 Å². The minimum absolute atomic E-state index is 0.0833. The zero-order valence-corrected chi connectivity index (χ0v) is 15.9. The van der Waals surface area contributed by atoms with Crippen molar-refractivity contribution in [2.75, 3.05) is 19.6 Å². The fraction of sp³-hybridized carbons (Fsp3) is 0.944. The lowest BCUT2D eigenvalue weighted by molar-refractivity contribution is -0.135. The number of morpholine rings is 1. The van der Waals surface area contributed by atoms with Crippen molar-refractivity contribution < 1.29 is 14.6 Å². The van der Waals surface area contributed by atoms with Crippen LogP contribution in [0.1, 0.15) is 54.9 Å². The number of aliphatic hydroxyl groups excluding tert-OH is 1. The van der Waals surface area contributed by atoms with E-state index in [0.29, 0.717) is 13.0 Å². The van der Waals surface area contributed by atoms with Crippen molar-refractivity contribution in [2.24, 2.45) is 11.3 Å².